The van der Waals surface area contributed by atoms with Crippen molar-refractivity contribution in [3.05, 3.63) is 29.8 Å². The Balaban J connectivity index is 1.76. The number of carbonyl (C=O) groups is 1. The van der Waals surface area contributed by atoms with Gasteiger partial charge in [0.15, 0.2) is 0 Å². The van der Waals surface area contributed by atoms with Crippen molar-refractivity contribution in [3.63, 3.8) is 0 Å². The van der Waals surface area contributed by atoms with Gasteiger partial charge in [-0.1, -0.05) is 18.6 Å². The molecule has 0 bridgehead atoms. The minimum atomic E-state index is 0.120. The van der Waals surface area contributed by atoms with Crippen molar-refractivity contribution >= 4 is 5.91 Å². The first kappa shape index (κ1) is 15.3. The summed E-state index contributed by atoms with van der Waals surface area (Å²) in [7, 11) is 1.68. The predicted molar refractivity (Wildman–Crippen MR) is 86.6 cm³/mol. The minimum absolute atomic E-state index is 0.120. The van der Waals surface area contributed by atoms with Crippen molar-refractivity contribution in [2.75, 3.05) is 13.7 Å². The minimum Gasteiger partial charge on any atom is -0.497 e. The summed E-state index contributed by atoms with van der Waals surface area (Å²) in [4.78, 5) is 15.0. The van der Waals surface area contributed by atoms with Crippen LogP contribution in [0.15, 0.2) is 24.3 Å². The van der Waals surface area contributed by atoms with Crippen molar-refractivity contribution in [1.29, 1.82) is 0 Å². The first-order chi connectivity index (χ1) is 10.7. The molecule has 3 atom stereocenters. The molecule has 1 heterocycles. The lowest BCUT2D eigenvalue weighted by atomic mass is 9.85. The lowest BCUT2D eigenvalue weighted by molar-refractivity contribution is -0.137. The molecule has 1 saturated heterocycles. The predicted octanol–water partition coefficient (Wildman–Crippen LogP) is 2.88. The lowest BCUT2D eigenvalue weighted by Crippen LogP contribution is -2.40. The normalized spacial score (nSPS) is 28.6. The Morgan fingerprint density at radius 1 is 1.27 bits per heavy atom. The average Bonchev–Trinajstić information content (AvgIpc) is 3.04. The molecule has 3 rings (SSSR count). The molecule has 4 heteroatoms. The first-order valence-electron chi connectivity index (χ1n) is 8.39. The van der Waals surface area contributed by atoms with Gasteiger partial charge < -0.3 is 15.4 Å². The fraction of sp³-hybridized carbons (Fsp3) is 0.611. The summed E-state index contributed by atoms with van der Waals surface area (Å²) >= 11 is 0. The summed E-state index contributed by atoms with van der Waals surface area (Å²) in [6, 6.07) is 8.51. The topological polar surface area (TPSA) is 55.6 Å². The molecular weight excluding hydrogens is 276 g/mol. The standard InChI is InChI=1S/C18H26N2O2/c1-22-16-8-3-5-13(12-16)17-9-4-10-20(17)18(21)14-6-2-7-15(19)11-14/h3,5,8,12,14-15,17H,2,4,6-7,9-11,19H2,1H3. The van der Waals surface area contributed by atoms with E-state index in [4.69, 9.17) is 10.5 Å². The van der Waals surface area contributed by atoms with Crippen LogP contribution in [0, 0.1) is 5.92 Å². The van der Waals surface area contributed by atoms with Crippen LogP contribution in [0.3, 0.4) is 0 Å². The van der Waals surface area contributed by atoms with Gasteiger partial charge in [0.05, 0.1) is 13.2 Å². The average molecular weight is 302 g/mol. The Hall–Kier alpha value is -1.55. The van der Waals surface area contributed by atoms with E-state index in [9.17, 15) is 4.79 Å². The van der Waals surface area contributed by atoms with Crippen molar-refractivity contribution < 1.29 is 9.53 Å². The summed E-state index contributed by atoms with van der Waals surface area (Å²) in [6.07, 6.45) is 6.09. The Bertz CT molecular complexity index is 532. The Morgan fingerprint density at radius 3 is 2.91 bits per heavy atom. The molecule has 2 N–H and O–H groups in total. The summed E-state index contributed by atoms with van der Waals surface area (Å²) in [5.74, 6) is 1.28. The number of carbonyl (C=O) groups excluding carboxylic acids is 1. The molecule has 4 nitrogen and oxygen atoms in total. The molecule has 120 valence electrons. The molecule has 0 radical (unpaired) electrons. The zero-order valence-electron chi connectivity index (χ0n) is 13.3. The molecule has 1 aromatic rings. The highest BCUT2D eigenvalue weighted by Crippen LogP contribution is 2.36. The largest absolute Gasteiger partial charge is 0.497 e. The molecule has 22 heavy (non-hydrogen) atoms. The quantitative estimate of drug-likeness (QED) is 0.934. The number of hydrogen-bond donors (Lipinski definition) is 1. The highest BCUT2D eigenvalue weighted by atomic mass is 16.5. The van der Waals surface area contributed by atoms with Gasteiger partial charge in [0, 0.05) is 18.5 Å². The fourth-order valence-electron chi connectivity index (χ4n) is 3.91. The number of ether oxygens (including phenoxy) is 1. The number of methoxy groups -OCH3 is 1. The van der Waals surface area contributed by atoms with Crippen LogP contribution >= 0.6 is 0 Å². The van der Waals surface area contributed by atoms with E-state index in [-0.39, 0.29) is 18.0 Å². The Kier molecular flexibility index (Phi) is 4.67. The van der Waals surface area contributed by atoms with Gasteiger partial charge in [0.25, 0.3) is 0 Å². The van der Waals surface area contributed by atoms with E-state index < -0.39 is 0 Å². The van der Waals surface area contributed by atoms with E-state index in [1.165, 1.54) is 5.56 Å². The van der Waals surface area contributed by atoms with Gasteiger partial charge in [-0.25, -0.2) is 0 Å². The number of likely N-dealkylation sites (tertiary alicyclic amines) is 1. The monoisotopic (exact) mass is 302 g/mol. The van der Waals surface area contributed by atoms with Crippen molar-refractivity contribution in [3.8, 4) is 5.75 Å². The molecule has 2 aliphatic rings. The summed E-state index contributed by atoms with van der Waals surface area (Å²) in [5.41, 5.74) is 7.24. The molecule has 1 aliphatic carbocycles. The van der Waals surface area contributed by atoms with E-state index in [1.807, 2.05) is 12.1 Å². The number of nitrogens with two attached hydrogens (primary N) is 1. The van der Waals surface area contributed by atoms with Crippen molar-refractivity contribution in [1.82, 2.24) is 4.90 Å². The van der Waals surface area contributed by atoms with Gasteiger partial charge in [-0.15, -0.1) is 0 Å². The van der Waals surface area contributed by atoms with E-state index in [2.05, 4.69) is 17.0 Å². The van der Waals surface area contributed by atoms with E-state index >= 15 is 0 Å². The molecule has 2 fully saturated rings. The molecule has 1 saturated carbocycles. The number of hydrogen-bond acceptors (Lipinski definition) is 3. The van der Waals surface area contributed by atoms with Gasteiger partial charge in [-0.2, -0.15) is 0 Å². The van der Waals surface area contributed by atoms with E-state index in [0.717, 1.165) is 50.8 Å². The second kappa shape index (κ2) is 6.69. The lowest BCUT2D eigenvalue weighted by Gasteiger charge is -2.32. The maximum absolute atomic E-state index is 12.9. The fourth-order valence-corrected chi connectivity index (χ4v) is 3.91. The molecular formula is C18H26N2O2. The van der Waals surface area contributed by atoms with Crippen LogP contribution in [0.25, 0.3) is 0 Å². The molecule has 1 amide bonds. The van der Waals surface area contributed by atoms with Gasteiger partial charge in [-0.3, -0.25) is 4.79 Å². The Labute approximate surface area is 132 Å². The number of benzene rings is 1. The zero-order chi connectivity index (χ0) is 15.5. The highest BCUT2D eigenvalue weighted by molar-refractivity contribution is 5.79. The van der Waals surface area contributed by atoms with Crippen LogP contribution in [0.4, 0.5) is 0 Å². The molecule has 3 unspecified atom stereocenters. The van der Waals surface area contributed by atoms with E-state index in [1.54, 1.807) is 7.11 Å². The van der Waals surface area contributed by atoms with Crippen LogP contribution in [0.1, 0.15) is 50.1 Å². The second-order valence-corrected chi connectivity index (χ2v) is 6.59. The smallest absolute Gasteiger partial charge is 0.226 e. The van der Waals surface area contributed by atoms with Gasteiger partial charge in [0.1, 0.15) is 5.75 Å². The van der Waals surface area contributed by atoms with Crippen LogP contribution < -0.4 is 10.5 Å². The van der Waals surface area contributed by atoms with Crippen LogP contribution in [0.2, 0.25) is 0 Å². The zero-order valence-corrected chi connectivity index (χ0v) is 13.3. The van der Waals surface area contributed by atoms with Gasteiger partial charge >= 0.3 is 0 Å². The SMILES string of the molecule is COc1cccc(C2CCCN2C(=O)C2CCCC(N)C2)c1. The van der Waals surface area contributed by atoms with Crippen molar-refractivity contribution in [2.24, 2.45) is 11.7 Å². The van der Waals surface area contributed by atoms with Gasteiger partial charge in [-0.05, 0) is 49.8 Å². The highest BCUT2D eigenvalue weighted by Gasteiger charge is 2.35. The number of amides is 1. The molecule has 0 aromatic heterocycles. The molecule has 1 aromatic carbocycles. The molecule has 1 aliphatic heterocycles. The third-order valence-corrected chi connectivity index (χ3v) is 5.08. The first-order valence-corrected chi connectivity index (χ1v) is 8.39. The van der Waals surface area contributed by atoms with Crippen LogP contribution in [-0.4, -0.2) is 30.5 Å². The third kappa shape index (κ3) is 3.12. The maximum Gasteiger partial charge on any atom is 0.226 e. The second-order valence-electron chi connectivity index (χ2n) is 6.59. The summed E-state index contributed by atoms with van der Waals surface area (Å²) in [5, 5.41) is 0. The maximum atomic E-state index is 12.9. The Morgan fingerprint density at radius 2 is 2.14 bits per heavy atom. The van der Waals surface area contributed by atoms with Gasteiger partial charge in [0.2, 0.25) is 5.91 Å². The van der Waals surface area contributed by atoms with E-state index in [0.29, 0.717) is 5.91 Å². The number of rotatable bonds is 3. The van der Waals surface area contributed by atoms with Crippen molar-refractivity contribution in [2.45, 2.75) is 50.6 Å². The van der Waals surface area contributed by atoms with Crippen LogP contribution in [-0.2, 0) is 4.79 Å². The summed E-state index contributed by atoms with van der Waals surface area (Å²) in [6.45, 7) is 0.868. The summed E-state index contributed by atoms with van der Waals surface area (Å²) < 4.78 is 5.32. The molecule has 0 spiro atoms. The number of nitrogens with zero attached hydrogens (tertiary/aromatic N) is 1. The van der Waals surface area contributed by atoms with Crippen LogP contribution in [0.5, 0.6) is 5.75 Å². The third-order valence-electron chi connectivity index (χ3n) is 5.08.